The highest BCUT2D eigenvalue weighted by Gasteiger charge is 2.28. The molecule has 1 aromatic rings. The van der Waals surface area contributed by atoms with Gasteiger partial charge >= 0.3 is 6.03 Å². The van der Waals surface area contributed by atoms with Crippen LogP contribution in [-0.2, 0) is 4.79 Å². The molecule has 0 saturated carbocycles. The zero-order valence-corrected chi connectivity index (χ0v) is 16.6. The fourth-order valence-corrected chi connectivity index (χ4v) is 3.05. The number of nitrogens with one attached hydrogen (secondary N) is 1. The van der Waals surface area contributed by atoms with Crippen LogP contribution in [0.3, 0.4) is 0 Å². The summed E-state index contributed by atoms with van der Waals surface area (Å²) in [6.45, 7) is 1.12. The van der Waals surface area contributed by atoms with Crippen molar-refractivity contribution in [2.24, 2.45) is 5.92 Å². The second-order valence-electron chi connectivity index (χ2n) is 7.04. The highest BCUT2D eigenvalue weighted by atomic mass is 16.5. The molecule has 148 valence electrons. The Morgan fingerprint density at radius 1 is 1.07 bits per heavy atom. The first-order valence-corrected chi connectivity index (χ1v) is 8.91. The molecule has 0 unspecified atom stereocenters. The van der Waals surface area contributed by atoms with E-state index >= 15 is 0 Å². The van der Waals surface area contributed by atoms with Gasteiger partial charge in [0.1, 0.15) is 5.75 Å². The first kappa shape index (κ1) is 20.5. The molecule has 1 saturated heterocycles. The Bertz CT molecular complexity index is 710. The Morgan fingerprint density at radius 3 is 2.22 bits per heavy atom. The molecule has 0 radical (unpaired) electrons. The van der Waals surface area contributed by atoms with E-state index in [1.165, 1.54) is 12.0 Å². The van der Waals surface area contributed by atoms with Gasteiger partial charge in [-0.15, -0.1) is 0 Å². The molecule has 1 aromatic carbocycles. The molecular weight excluding hydrogens is 348 g/mol. The second kappa shape index (κ2) is 8.75. The summed E-state index contributed by atoms with van der Waals surface area (Å²) in [7, 11) is 8.27. The van der Waals surface area contributed by atoms with Crippen LogP contribution in [0.5, 0.6) is 5.75 Å². The van der Waals surface area contributed by atoms with Gasteiger partial charge in [-0.05, 0) is 31.0 Å². The number of hydrogen-bond acceptors (Lipinski definition) is 4. The maximum absolute atomic E-state index is 12.6. The predicted octanol–water partition coefficient (Wildman–Crippen LogP) is 1.73. The molecular formula is C19H28N4O4. The molecule has 1 N–H and O–H groups in total. The molecule has 1 fully saturated rings. The van der Waals surface area contributed by atoms with Crippen molar-refractivity contribution >= 4 is 23.5 Å². The Balaban J connectivity index is 2.03. The van der Waals surface area contributed by atoms with Gasteiger partial charge in [-0.25, -0.2) is 4.79 Å². The fourth-order valence-electron chi connectivity index (χ4n) is 3.05. The van der Waals surface area contributed by atoms with Crippen LogP contribution in [0.4, 0.5) is 10.5 Å². The van der Waals surface area contributed by atoms with Gasteiger partial charge in [0.05, 0.1) is 12.7 Å². The van der Waals surface area contributed by atoms with Crippen molar-refractivity contribution in [3.05, 3.63) is 23.8 Å². The van der Waals surface area contributed by atoms with Crippen molar-refractivity contribution < 1.29 is 19.1 Å². The highest BCUT2D eigenvalue weighted by Crippen LogP contribution is 2.25. The van der Waals surface area contributed by atoms with Crippen LogP contribution in [0.25, 0.3) is 0 Å². The number of methoxy groups -OCH3 is 1. The molecule has 0 aliphatic carbocycles. The number of piperidine rings is 1. The first-order chi connectivity index (χ1) is 12.7. The fraction of sp³-hybridized carbons (Fsp3) is 0.526. The normalized spacial score (nSPS) is 14.5. The van der Waals surface area contributed by atoms with E-state index in [2.05, 4.69) is 5.32 Å². The molecule has 0 aromatic heterocycles. The van der Waals surface area contributed by atoms with Gasteiger partial charge in [0, 0.05) is 52.9 Å². The smallest absolute Gasteiger partial charge is 0.319 e. The molecule has 2 rings (SSSR count). The monoisotopic (exact) mass is 376 g/mol. The summed E-state index contributed by atoms with van der Waals surface area (Å²) >= 11 is 0. The first-order valence-electron chi connectivity index (χ1n) is 8.91. The Morgan fingerprint density at radius 2 is 1.70 bits per heavy atom. The topological polar surface area (TPSA) is 82.2 Å². The lowest BCUT2D eigenvalue weighted by molar-refractivity contribution is -0.121. The summed E-state index contributed by atoms with van der Waals surface area (Å²) in [5.74, 6) is 0.00680. The molecule has 0 atom stereocenters. The molecule has 1 aliphatic rings. The number of nitrogens with zero attached hydrogens (tertiary/aromatic N) is 3. The molecule has 8 nitrogen and oxygen atoms in total. The summed E-state index contributed by atoms with van der Waals surface area (Å²) in [5.41, 5.74) is 0.949. The van der Waals surface area contributed by atoms with Crippen LogP contribution < -0.4 is 10.1 Å². The van der Waals surface area contributed by atoms with Crippen LogP contribution in [0.2, 0.25) is 0 Å². The maximum Gasteiger partial charge on any atom is 0.319 e. The zero-order chi connectivity index (χ0) is 20.1. The SMILES string of the molecule is COc1ccc(NC(=O)C2CCN(C(=O)N(C)C)CC2)cc1C(=O)N(C)C. The van der Waals surface area contributed by atoms with Crippen molar-refractivity contribution in [2.45, 2.75) is 12.8 Å². The molecule has 0 spiro atoms. The van der Waals surface area contributed by atoms with Gasteiger partial charge in [-0.1, -0.05) is 0 Å². The summed E-state index contributed by atoms with van der Waals surface area (Å²) in [6, 6.07) is 4.98. The van der Waals surface area contributed by atoms with Gasteiger partial charge in [0.25, 0.3) is 5.91 Å². The average Bonchev–Trinajstić information content (AvgIpc) is 2.66. The number of carbonyl (C=O) groups is 3. The summed E-state index contributed by atoms with van der Waals surface area (Å²) in [6.07, 6.45) is 1.23. The lowest BCUT2D eigenvalue weighted by Crippen LogP contribution is -2.45. The molecule has 1 aliphatic heterocycles. The summed E-state index contributed by atoms with van der Waals surface area (Å²) < 4.78 is 5.24. The van der Waals surface area contributed by atoms with Gasteiger partial charge in [0.15, 0.2) is 0 Å². The summed E-state index contributed by atoms with van der Waals surface area (Å²) in [5, 5.41) is 2.88. The van der Waals surface area contributed by atoms with Crippen LogP contribution in [0, 0.1) is 5.92 Å². The number of amides is 4. The number of benzene rings is 1. The van der Waals surface area contributed by atoms with Gasteiger partial charge in [-0.2, -0.15) is 0 Å². The molecule has 4 amide bonds. The van der Waals surface area contributed by atoms with Crippen molar-refractivity contribution in [1.82, 2.24) is 14.7 Å². The minimum Gasteiger partial charge on any atom is -0.496 e. The van der Waals surface area contributed by atoms with Crippen molar-refractivity contribution in [3.8, 4) is 5.75 Å². The summed E-state index contributed by atoms with van der Waals surface area (Å²) in [4.78, 5) is 41.6. The number of rotatable bonds is 4. The third-order valence-electron chi connectivity index (χ3n) is 4.62. The minimum absolute atomic E-state index is 0.0316. The third kappa shape index (κ3) is 4.90. The van der Waals surface area contributed by atoms with E-state index in [9.17, 15) is 14.4 Å². The van der Waals surface area contributed by atoms with Gasteiger partial charge in [0.2, 0.25) is 5.91 Å². The molecule has 1 heterocycles. The number of anilines is 1. The van der Waals surface area contributed by atoms with Gasteiger partial charge in [-0.3, -0.25) is 9.59 Å². The van der Waals surface area contributed by atoms with Crippen molar-refractivity contribution in [1.29, 1.82) is 0 Å². The van der Waals surface area contributed by atoms with E-state index in [1.807, 2.05) is 0 Å². The van der Waals surface area contributed by atoms with E-state index in [-0.39, 0.29) is 23.8 Å². The number of carbonyl (C=O) groups excluding carboxylic acids is 3. The lowest BCUT2D eigenvalue weighted by Gasteiger charge is -2.33. The predicted molar refractivity (Wildman–Crippen MR) is 103 cm³/mol. The van der Waals surface area contributed by atoms with E-state index in [0.29, 0.717) is 42.9 Å². The number of likely N-dealkylation sites (tertiary alicyclic amines) is 1. The average molecular weight is 376 g/mol. The van der Waals surface area contributed by atoms with Crippen LogP contribution in [-0.4, -0.2) is 80.9 Å². The highest BCUT2D eigenvalue weighted by molar-refractivity contribution is 5.99. The molecule has 27 heavy (non-hydrogen) atoms. The Kier molecular flexibility index (Phi) is 6.65. The van der Waals surface area contributed by atoms with Crippen LogP contribution in [0.15, 0.2) is 18.2 Å². The second-order valence-corrected chi connectivity index (χ2v) is 7.04. The number of urea groups is 1. The van der Waals surface area contributed by atoms with E-state index in [0.717, 1.165) is 0 Å². The van der Waals surface area contributed by atoms with Crippen molar-refractivity contribution in [2.75, 3.05) is 53.7 Å². The quantitative estimate of drug-likeness (QED) is 0.868. The van der Waals surface area contributed by atoms with Gasteiger partial charge < -0.3 is 24.8 Å². The lowest BCUT2D eigenvalue weighted by atomic mass is 9.96. The maximum atomic E-state index is 12.6. The third-order valence-corrected chi connectivity index (χ3v) is 4.62. The van der Waals surface area contributed by atoms with E-state index in [4.69, 9.17) is 4.74 Å². The Hall–Kier alpha value is -2.77. The molecule has 8 heteroatoms. The minimum atomic E-state index is -0.196. The molecule has 0 bridgehead atoms. The van der Waals surface area contributed by atoms with Crippen LogP contribution in [0.1, 0.15) is 23.2 Å². The van der Waals surface area contributed by atoms with E-state index in [1.54, 1.807) is 56.2 Å². The largest absolute Gasteiger partial charge is 0.496 e. The van der Waals surface area contributed by atoms with E-state index < -0.39 is 0 Å². The van der Waals surface area contributed by atoms with Crippen LogP contribution >= 0.6 is 0 Å². The number of hydrogen-bond donors (Lipinski definition) is 1. The zero-order valence-electron chi connectivity index (χ0n) is 16.6. The van der Waals surface area contributed by atoms with Crippen molar-refractivity contribution in [3.63, 3.8) is 0 Å². The Labute approximate surface area is 160 Å². The standard InChI is InChI=1S/C19H28N4O4/c1-21(2)18(25)15-12-14(6-7-16(15)27-5)20-17(24)13-8-10-23(11-9-13)19(26)22(3)4/h6-7,12-13H,8-11H2,1-5H3,(H,20,24). The number of ether oxygens (including phenoxy) is 1.